The van der Waals surface area contributed by atoms with Crippen LogP contribution in [0.1, 0.15) is 58.9 Å². The SMILES string of the molecule is Cn1c(=O)n(CC2(C)CC2(F)F)c2ccc(-c3ccc(C4(N(C(=O)O)C(C)(C)C)CCC4)cc3)nc21. The number of pyridine rings is 1. The molecule has 2 aromatic heterocycles. The molecule has 0 radical (unpaired) electrons. The number of amides is 1. The van der Waals surface area contributed by atoms with Crippen LogP contribution in [0.3, 0.4) is 0 Å². The Morgan fingerprint density at radius 1 is 1.14 bits per heavy atom. The minimum atomic E-state index is -2.76. The topological polar surface area (TPSA) is 80.4 Å². The van der Waals surface area contributed by atoms with Crippen molar-refractivity contribution in [2.75, 3.05) is 0 Å². The van der Waals surface area contributed by atoms with E-state index in [-0.39, 0.29) is 18.7 Å². The highest BCUT2D eigenvalue weighted by atomic mass is 19.3. The molecule has 0 saturated heterocycles. The van der Waals surface area contributed by atoms with E-state index in [2.05, 4.69) is 0 Å². The van der Waals surface area contributed by atoms with Gasteiger partial charge >= 0.3 is 11.8 Å². The van der Waals surface area contributed by atoms with Gasteiger partial charge in [0.05, 0.1) is 22.2 Å². The third kappa shape index (κ3) is 3.54. The average Bonchev–Trinajstić information content (AvgIpc) is 3.18. The Balaban J connectivity index is 1.49. The van der Waals surface area contributed by atoms with Crippen molar-refractivity contribution in [2.45, 2.75) is 76.9 Å². The van der Waals surface area contributed by atoms with Gasteiger partial charge in [-0.1, -0.05) is 31.2 Å². The summed E-state index contributed by atoms with van der Waals surface area (Å²) < 4.78 is 30.4. The van der Waals surface area contributed by atoms with Crippen LogP contribution in [-0.4, -0.2) is 41.7 Å². The Kier molecular flexibility index (Phi) is 5.19. The van der Waals surface area contributed by atoms with E-state index in [9.17, 15) is 23.5 Å². The van der Waals surface area contributed by atoms with Crippen LogP contribution in [0, 0.1) is 5.41 Å². The van der Waals surface area contributed by atoms with Crippen LogP contribution < -0.4 is 5.69 Å². The maximum absolute atomic E-state index is 13.8. The summed E-state index contributed by atoms with van der Waals surface area (Å²) in [5.74, 6) is -2.76. The van der Waals surface area contributed by atoms with Crippen molar-refractivity contribution in [3.05, 3.63) is 52.4 Å². The van der Waals surface area contributed by atoms with Crippen molar-refractivity contribution in [3.63, 3.8) is 0 Å². The minimum Gasteiger partial charge on any atom is -0.465 e. The zero-order chi connectivity index (χ0) is 26.3. The van der Waals surface area contributed by atoms with E-state index in [1.807, 2.05) is 45.0 Å². The summed E-state index contributed by atoms with van der Waals surface area (Å²) in [6.45, 7) is 7.19. The zero-order valence-corrected chi connectivity index (χ0v) is 21.3. The number of hydrogen-bond donors (Lipinski definition) is 1. The molecule has 2 aliphatic carbocycles. The molecule has 1 N–H and O–H groups in total. The Hall–Kier alpha value is -3.23. The number of rotatable bonds is 5. The van der Waals surface area contributed by atoms with E-state index in [4.69, 9.17) is 4.98 Å². The standard InChI is InChI=1S/C27H32F2N4O3/c1-24(2,3)33(23(35)36)26(13-6-14-26)18-9-7-17(8-10-18)19-11-12-20-21(30-19)31(5)22(34)32(20)16-25(4)15-27(25,28)29/h7-12H,6,13-16H2,1-5H3,(H,35,36). The van der Waals surface area contributed by atoms with Gasteiger partial charge in [-0.15, -0.1) is 0 Å². The van der Waals surface area contributed by atoms with E-state index in [1.165, 1.54) is 16.1 Å². The molecule has 36 heavy (non-hydrogen) atoms. The minimum absolute atomic E-state index is 0.0537. The summed E-state index contributed by atoms with van der Waals surface area (Å²) >= 11 is 0. The van der Waals surface area contributed by atoms with E-state index >= 15 is 0 Å². The maximum Gasteiger partial charge on any atom is 0.408 e. The van der Waals surface area contributed by atoms with Crippen molar-refractivity contribution in [3.8, 4) is 11.3 Å². The molecule has 2 saturated carbocycles. The predicted molar refractivity (Wildman–Crippen MR) is 133 cm³/mol. The predicted octanol–water partition coefficient (Wildman–Crippen LogP) is 5.61. The van der Waals surface area contributed by atoms with Gasteiger partial charge in [-0.3, -0.25) is 14.0 Å². The molecule has 2 fully saturated rings. The quantitative estimate of drug-likeness (QED) is 0.496. The fourth-order valence-electron chi connectivity index (χ4n) is 5.77. The highest BCUT2D eigenvalue weighted by Gasteiger charge is 2.68. The molecule has 1 aromatic carbocycles. The van der Waals surface area contributed by atoms with E-state index in [0.29, 0.717) is 16.9 Å². The Labute approximate surface area is 208 Å². The first kappa shape index (κ1) is 24.5. The summed E-state index contributed by atoms with van der Waals surface area (Å²) in [6, 6.07) is 11.3. The maximum atomic E-state index is 13.8. The third-order valence-corrected chi connectivity index (χ3v) is 8.05. The van der Waals surface area contributed by atoms with Gasteiger partial charge in [0.2, 0.25) is 0 Å². The molecule has 0 spiro atoms. The number of fused-ring (bicyclic) bond motifs is 1. The molecule has 2 aliphatic rings. The molecule has 9 heteroatoms. The molecule has 0 aliphatic heterocycles. The summed E-state index contributed by atoms with van der Waals surface area (Å²) in [5, 5.41) is 10.0. The normalized spacial score (nSPS) is 22.3. The summed E-state index contributed by atoms with van der Waals surface area (Å²) in [7, 11) is 1.60. The van der Waals surface area contributed by atoms with Gasteiger partial charge in [0.15, 0.2) is 5.65 Å². The fourth-order valence-corrected chi connectivity index (χ4v) is 5.77. The summed E-state index contributed by atoms with van der Waals surface area (Å²) in [5.41, 5.74) is 0.723. The molecular weight excluding hydrogens is 466 g/mol. The average molecular weight is 499 g/mol. The molecule has 0 bridgehead atoms. The van der Waals surface area contributed by atoms with Crippen LogP contribution in [0.15, 0.2) is 41.2 Å². The van der Waals surface area contributed by atoms with Crippen molar-refractivity contribution in [2.24, 2.45) is 12.5 Å². The molecule has 2 heterocycles. The number of hydrogen-bond acceptors (Lipinski definition) is 3. The van der Waals surface area contributed by atoms with Gasteiger partial charge in [0.25, 0.3) is 5.92 Å². The Bertz CT molecular complexity index is 1410. The van der Waals surface area contributed by atoms with E-state index in [1.54, 1.807) is 24.1 Å². The monoisotopic (exact) mass is 498 g/mol. The second-order valence-corrected chi connectivity index (χ2v) is 11.7. The van der Waals surface area contributed by atoms with Gasteiger partial charge in [-0.05, 0) is 57.7 Å². The summed E-state index contributed by atoms with van der Waals surface area (Å²) in [4.78, 5) is 31.3. The molecule has 7 nitrogen and oxygen atoms in total. The molecule has 1 atom stereocenters. The lowest BCUT2D eigenvalue weighted by molar-refractivity contribution is -0.0328. The summed E-state index contributed by atoms with van der Waals surface area (Å²) in [6.07, 6.45) is 1.36. The fraction of sp³-hybridized carbons (Fsp3) is 0.519. The van der Waals surface area contributed by atoms with Crippen molar-refractivity contribution >= 4 is 17.3 Å². The second-order valence-electron chi connectivity index (χ2n) is 11.7. The number of nitrogens with zero attached hydrogens (tertiary/aromatic N) is 4. The van der Waals surface area contributed by atoms with Gasteiger partial charge in [-0.25, -0.2) is 23.4 Å². The number of aryl methyl sites for hydroxylation is 1. The number of alkyl halides is 2. The number of halogens is 2. The number of benzene rings is 1. The van der Waals surface area contributed by atoms with E-state index < -0.39 is 28.5 Å². The lowest BCUT2D eigenvalue weighted by Gasteiger charge is -2.54. The molecular formula is C27H32F2N4O3. The largest absolute Gasteiger partial charge is 0.465 e. The number of imidazole rings is 1. The van der Waals surface area contributed by atoms with Crippen LogP contribution in [0.2, 0.25) is 0 Å². The van der Waals surface area contributed by atoms with Crippen LogP contribution in [0.25, 0.3) is 22.4 Å². The first-order chi connectivity index (χ1) is 16.7. The van der Waals surface area contributed by atoms with Crippen molar-refractivity contribution < 1.29 is 18.7 Å². The lowest BCUT2D eigenvalue weighted by atomic mass is 9.69. The Morgan fingerprint density at radius 3 is 2.22 bits per heavy atom. The molecule has 5 rings (SSSR count). The third-order valence-electron chi connectivity index (χ3n) is 8.05. The Morgan fingerprint density at radius 2 is 1.75 bits per heavy atom. The van der Waals surface area contributed by atoms with Crippen molar-refractivity contribution in [1.29, 1.82) is 0 Å². The van der Waals surface area contributed by atoms with Crippen LogP contribution in [0.5, 0.6) is 0 Å². The van der Waals surface area contributed by atoms with Gasteiger partial charge in [-0.2, -0.15) is 0 Å². The van der Waals surface area contributed by atoms with Gasteiger partial charge in [0.1, 0.15) is 0 Å². The first-order valence-electron chi connectivity index (χ1n) is 12.3. The smallest absolute Gasteiger partial charge is 0.408 e. The second kappa shape index (κ2) is 7.63. The highest BCUT2D eigenvalue weighted by molar-refractivity contribution is 5.76. The van der Waals surface area contributed by atoms with Crippen LogP contribution in [-0.2, 0) is 19.1 Å². The highest BCUT2D eigenvalue weighted by Crippen LogP contribution is 2.61. The molecule has 3 aromatic rings. The van der Waals surface area contributed by atoms with E-state index in [0.717, 1.165) is 30.4 Å². The number of carbonyl (C=O) groups is 1. The van der Waals surface area contributed by atoms with Gasteiger partial charge in [0, 0.05) is 31.1 Å². The number of carboxylic acid groups (broad SMARTS) is 1. The number of aromatic nitrogens is 3. The van der Waals surface area contributed by atoms with Gasteiger partial charge < -0.3 is 5.11 Å². The molecule has 1 amide bonds. The van der Waals surface area contributed by atoms with Crippen LogP contribution >= 0.6 is 0 Å². The van der Waals surface area contributed by atoms with Crippen LogP contribution in [0.4, 0.5) is 13.6 Å². The molecule has 192 valence electrons. The van der Waals surface area contributed by atoms with Crippen molar-refractivity contribution in [1.82, 2.24) is 19.0 Å². The molecule has 1 unspecified atom stereocenters. The lowest BCUT2D eigenvalue weighted by Crippen LogP contribution is -2.60. The zero-order valence-electron chi connectivity index (χ0n) is 21.3. The first-order valence-corrected chi connectivity index (χ1v) is 12.3.